The minimum Gasteiger partial charge on any atom is -0.464 e. The summed E-state index contributed by atoms with van der Waals surface area (Å²) in [6, 6.07) is 1.61. The summed E-state index contributed by atoms with van der Waals surface area (Å²) in [4.78, 5) is 11.4. The molecule has 1 aromatic rings. The maximum atomic E-state index is 11.4. The van der Waals surface area contributed by atoms with Crippen LogP contribution in [0.25, 0.3) is 0 Å². The molecule has 1 rings (SSSR count). The van der Waals surface area contributed by atoms with Gasteiger partial charge in [0, 0.05) is 26.5 Å². The SMILES string of the molecule is COCCCn1cc(N)cc1C(=O)OC. The Kier molecular flexibility index (Phi) is 4.17. The number of carbonyl (C=O) groups is 1. The van der Waals surface area contributed by atoms with Crippen molar-refractivity contribution in [3.8, 4) is 0 Å². The van der Waals surface area contributed by atoms with E-state index in [4.69, 9.17) is 10.5 Å². The summed E-state index contributed by atoms with van der Waals surface area (Å²) in [6.45, 7) is 1.34. The number of nitrogen functional groups attached to an aromatic ring is 1. The molecule has 0 aromatic carbocycles. The fourth-order valence-corrected chi connectivity index (χ4v) is 1.37. The fraction of sp³-hybridized carbons (Fsp3) is 0.500. The Morgan fingerprint density at radius 2 is 2.27 bits per heavy atom. The van der Waals surface area contributed by atoms with Crippen LogP contribution < -0.4 is 5.73 Å². The lowest BCUT2D eigenvalue weighted by Gasteiger charge is -2.06. The molecule has 0 radical (unpaired) electrons. The quantitative estimate of drug-likeness (QED) is 0.581. The minimum absolute atomic E-state index is 0.371. The summed E-state index contributed by atoms with van der Waals surface area (Å²) < 4.78 is 11.4. The Bertz CT molecular complexity index is 333. The molecule has 0 amide bonds. The van der Waals surface area contributed by atoms with E-state index in [2.05, 4.69) is 4.74 Å². The van der Waals surface area contributed by atoms with Gasteiger partial charge in [-0.25, -0.2) is 4.79 Å². The van der Waals surface area contributed by atoms with Crippen molar-refractivity contribution in [1.29, 1.82) is 0 Å². The number of nitrogens with zero attached hydrogens (tertiary/aromatic N) is 1. The number of anilines is 1. The Hall–Kier alpha value is -1.49. The first-order valence-electron chi connectivity index (χ1n) is 4.72. The summed E-state index contributed by atoms with van der Waals surface area (Å²) >= 11 is 0. The average Bonchev–Trinajstić information content (AvgIpc) is 2.59. The number of esters is 1. The van der Waals surface area contributed by atoms with Gasteiger partial charge < -0.3 is 19.8 Å². The second-order valence-corrected chi connectivity index (χ2v) is 3.19. The van der Waals surface area contributed by atoms with Crippen molar-refractivity contribution in [2.45, 2.75) is 13.0 Å². The number of hydrogen-bond donors (Lipinski definition) is 1. The molecule has 0 spiro atoms. The Balaban J connectivity index is 2.72. The van der Waals surface area contributed by atoms with Crippen molar-refractivity contribution in [3.05, 3.63) is 18.0 Å². The van der Waals surface area contributed by atoms with Crippen molar-refractivity contribution >= 4 is 11.7 Å². The number of ether oxygens (including phenoxy) is 2. The smallest absolute Gasteiger partial charge is 0.354 e. The van der Waals surface area contributed by atoms with Gasteiger partial charge in [0.05, 0.1) is 12.8 Å². The highest BCUT2D eigenvalue weighted by molar-refractivity contribution is 5.88. The van der Waals surface area contributed by atoms with Crippen LogP contribution in [0.1, 0.15) is 16.9 Å². The van der Waals surface area contributed by atoms with Gasteiger partial charge in [-0.3, -0.25) is 0 Å². The molecule has 0 aliphatic rings. The number of carbonyl (C=O) groups excluding carboxylic acids is 1. The van der Waals surface area contributed by atoms with Gasteiger partial charge in [-0.2, -0.15) is 0 Å². The van der Waals surface area contributed by atoms with Crippen LogP contribution in [0.3, 0.4) is 0 Å². The highest BCUT2D eigenvalue weighted by Crippen LogP contribution is 2.12. The van der Waals surface area contributed by atoms with Gasteiger partial charge in [0.25, 0.3) is 0 Å². The highest BCUT2D eigenvalue weighted by Gasteiger charge is 2.12. The first-order chi connectivity index (χ1) is 7.19. The van der Waals surface area contributed by atoms with Crippen molar-refractivity contribution in [2.24, 2.45) is 0 Å². The molecule has 0 bridgehead atoms. The largest absolute Gasteiger partial charge is 0.464 e. The number of rotatable bonds is 5. The van der Waals surface area contributed by atoms with Crippen LogP contribution in [0.4, 0.5) is 5.69 Å². The summed E-state index contributed by atoms with van der Waals surface area (Å²) in [7, 11) is 3.00. The lowest BCUT2D eigenvalue weighted by Crippen LogP contribution is -2.10. The topological polar surface area (TPSA) is 66.5 Å². The van der Waals surface area contributed by atoms with Crippen LogP contribution in [0, 0.1) is 0 Å². The van der Waals surface area contributed by atoms with E-state index in [1.807, 2.05) is 0 Å². The molecule has 5 nitrogen and oxygen atoms in total. The monoisotopic (exact) mass is 212 g/mol. The standard InChI is InChI=1S/C10H16N2O3/c1-14-5-3-4-12-7-8(11)6-9(12)10(13)15-2/h6-7H,3-5,11H2,1-2H3. The van der Waals surface area contributed by atoms with Gasteiger partial charge in [0.2, 0.25) is 0 Å². The van der Waals surface area contributed by atoms with Gasteiger partial charge in [0.1, 0.15) is 5.69 Å². The van der Waals surface area contributed by atoms with Crippen LogP contribution in [0.5, 0.6) is 0 Å². The summed E-state index contributed by atoms with van der Waals surface area (Å²) in [5.41, 5.74) is 6.66. The second kappa shape index (κ2) is 5.41. The van der Waals surface area contributed by atoms with E-state index in [-0.39, 0.29) is 5.97 Å². The summed E-state index contributed by atoms with van der Waals surface area (Å²) in [5.74, 6) is -0.371. The lowest BCUT2D eigenvalue weighted by atomic mass is 10.4. The Morgan fingerprint density at radius 1 is 1.53 bits per heavy atom. The molecule has 0 aliphatic heterocycles. The maximum Gasteiger partial charge on any atom is 0.354 e. The number of nitrogens with two attached hydrogens (primary N) is 1. The van der Waals surface area contributed by atoms with Crippen molar-refractivity contribution in [3.63, 3.8) is 0 Å². The minimum atomic E-state index is -0.371. The number of aryl methyl sites for hydroxylation is 1. The van der Waals surface area contributed by atoms with Gasteiger partial charge in [-0.15, -0.1) is 0 Å². The van der Waals surface area contributed by atoms with E-state index >= 15 is 0 Å². The average molecular weight is 212 g/mol. The van der Waals surface area contributed by atoms with Crippen LogP contribution in [-0.2, 0) is 16.0 Å². The first-order valence-corrected chi connectivity index (χ1v) is 4.72. The van der Waals surface area contributed by atoms with E-state index in [1.54, 1.807) is 23.9 Å². The predicted octanol–water partition coefficient (Wildman–Crippen LogP) is 0.893. The molecule has 0 saturated heterocycles. The van der Waals surface area contributed by atoms with Gasteiger partial charge in [-0.05, 0) is 12.5 Å². The Labute approximate surface area is 88.8 Å². The fourth-order valence-electron chi connectivity index (χ4n) is 1.37. The van der Waals surface area contributed by atoms with Gasteiger partial charge in [-0.1, -0.05) is 0 Å². The molecule has 1 heterocycles. The zero-order valence-electron chi connectivity index (χ0n) is 9.03. The third-order valence-electron chi connectivity index (χ3n) is 2.06. The van der Waals surface area contributed by atoms with Crippen LogP contribution in [-0.4, -0.2) is 31.4 Å². The normalized spacial score (nSPS) is 10.3. The molecule has 0 aliphatic carbocycles. The molecule has 0 fully saturated rings. The number of hydrogen-bond acceptors (Lipinski definition) is 4. The predicted molar refractivity (Wildman–Crippen MR) is 56.7 cm³/mol. The van der Waals surface area contributed by atoms with E-state index in [0.29, 0.717) is 24.5 Å². The van der Waals surface area contributed by atoms with Crippen molar-refractivity contribution in [2.75, 3.05) is 26.6 Å². The zero-order chi connectivity index (χ0) is 11.3. The Morgan fingerprint density at radius 3 is 2.87 bits per heavy atom. The van der Waals surface area contributed by atoms with Crippen LogP contribution in [0.2, 0.25) is 0 Å². The summed E-state index contributed by atoms with van der Waals surface area (Å²) in [5, 5.41) is 0. The molecule has 2 N–H and O–H groups in total. The molecule has 1 aromatic heterocycles. The second-order valence-electron chi connectivity index (χ2n) is 3.19. The highest BCUT2D eigenvalue weighted by atomic mass is 16.5. The molecule has 0 saturated carbocycles. The van der Waals surface area contributed by atoms with Gasteiger partial charge in [0.15, 0.2) is 0 Å². The molecule has 0 unspecified atom stereocenters. The van der Waals surface area contributed by atoms with E-state index in [9.17, 15) is 4.79 Å². The number of aromatic nitrogens is 1. The maximum absolute atomic E-state index is 11.4. The molecule has 84 valence electrons. The van der Waals surface area contributed by atoms with E-state index in [0.717, 1.165) is 6.42 Å². The lowest BCUT2D eigenvalue weighted by molar-refractivity contribution is 0.0587. The molecule has 5 heteroatoms. The van der Waals surface area contributed by atoms with E-state index in [1.165, 1.54) is 7.11 Å². The molecular formula is C10H16N2O3. The zero-order valence-corrected chi connectivity index (χ0v) is 9.03. The van der Waals surface area contributed by atoms with Crippen LogP contribution in [0.15, 0.2) is 12.3 Å². The summed E-state index contributed by atoms with van der Waals surface area (Å²) in [6.07, 6.45) is 2.55. The molecule has 15 heavy (non-hydrogen) atoms. The third-order valence-corrected chi connectivity index (χ3v) is 2.06. The van der Waals surface area contributed by atoms with Gasteiger partial charge >= 0.3 is 5.97 Å². The van der Waals surface area contributed by atoms with Crippen molar-refractivity contribution < 1.29 is 14.3 Å². The van der Waals surface area contributed by atoms with E-state index < -0.39 is 0 Å². The van der Waals surface area contributed by atoms with Crippen LogP contribution >= 0.6 is 0 Å². The first kappa shape index (κ1) is 11.6. The number of methoxy groups -OCH3 is 2. The molecule has 0 atom stereocenters. The molecular weight excluding hydrogens is 196 g/mol. The third kappa shape index (κ3) is 2.99. The van der Waals surface area contributed by atoms with Crippen molar-refractivity contribution in [1.82, 2.24) is 4.57 Å².